The van der Waals surface area contributed by atoms with Crippen LogP contribution in [0.3, 0.4) is 0 Å². The highest BCUT2D eigenvalue weighted by Crippen LogP contribution is 2.29. The van der Waals surface area contributed by atoms with Crippen LogP contribution < -0.4 is 4.90 Å². The fourth-order valence-electron chi connectivity index (χ4n) is 1.77. The van der Waals surface area contributed by atoms with Crippen molar-refractivity contribution in [1.29, 1.82) is 0 Å². The minimum absolute atomic E-state index is 0.618. The summed E-state index contributed by atoms with van der Waals surface area (Å²) in [5.41, 5.74) is 0. The first-order valence-electron chi connectivity index (χ1n) is 4.75. The highest BCUT2D eigenvalue weighted by Gasteiger charge is 2.29. The van der Waals surface area contributed by atoms with Gasteiger partial charge in [-0.25, -0.2) is 4.98 Å². The van der Waals surface area contributed by atoms with E-state index >= 15 is 0 Å². The van der Waals surface area contributed by atoms with Crippen LogP contribution in [0.4, 0.5) is 5.13 Å². The Labute approximate surface area is 83.0 Å². The summed E-state index contributed by atoms with van der Waals surface area (Å²) in [6.07, 6.45) is 1.28. The third-order valence-electron chi connectivity index (χ3n) is 2.90. The molecule has 1 saturated heterocycles. The molecule has 2 rings (SSSR count). The molecule has 2 heterocycles. The van der Waals surface area contributed by atoms with Crippen LogP contribution in [-0.2, 0) is 0 Å². The van der Waals surface area contributed by atoms with E-state index < -0.39 is 0 Å². The number of rotatable bonds is 1. The van der Waals surface area contributed by atoms with Crippen LogP contribution in [0.1, 0.15) is 26.1 Å². The highest BCUT2D eigenvalue weighted by molar-refractivity contribution is 7.09. The van der Waals surface area contributed by atoms with E-state index in [0.29, 0.717) is 6.04 Å². The number of aromatic nitrogens is 2. The summed E-state index contributed by atoms with van der Waals surface area (Å²) in [6.45, 7) is 7.66. The van der Waals surface area contributed by atoms with Crippen LogP contribution in [0.2, 0.25) is 0 Å². The lowest BCUT2D eigenvalue weighted by atomic mass is 10.1. The highest BCUT2D eigenvalue weighted by atomic mass is 32.1. The summed E-state index contributed by atoms with van der Waals surface area (Å²) in [5.74, 6) is 1.68. The molecule has 1 aromatic heterocycles. The van der Waals surface area contributed by atoms with Gasteiger partial charge in [0, 0.05) is 24.1 Å². The molecule has 2 unspecified atom stereocenters. The molecule has 13 heavy (non-hydrogen) atoms. The molecule has 1 fully saturated rings. The molecule has 0 bridgehead atoms. The van der Waals surface area contributed by atoms with E-state index in [2.05, 4.69) is 28.1 Å². The molecule has 0 N–H and O–H groups in total. The summed E-state index contributed by atoms with van der Waals surface area (Å²) in [7, 11) is 0. The predicted octanol–water partition coefficient (Wildman–Crippen LogP) is 2.08. The molecule has 4 heteroatoms. The number of anilines is 1. The molecule has 0 amide bonds. The fourth-order valence-corrected chi connectivity index (χ4v) is 2.56. The van der Waals surface area contributed by atoms with Gasteiger partial charge in [0.05, 0.1) is 0 Å². The molecule has 0 radical (unpaired) electrons. The zero-order chi connectivity index (χ0) is 9.42. The first kappa shape index (κ1) is 8.94. The molecule has 1 aliphatic rings. The van der Waals surface area contributed by atoms with E-state index in [1.807, 2.05) is 6.92 Å². The van der Waals surface area contributed by atoms with Crippen LogP contribution in [0.5, 0.6) is 0 Å². The summed E-state index contributed by atoms with van der Waals surface area (Å²) in [5, 5.41) is 1.09. The minimum atomic E-state index is 0.618. The van der Waals surface area contributed by atoms with Crippen molar-refractivity contribution in [3.05, 3.63) is 5.82 Å². The van der Waals surface area contributed by atoms with E-state index in [1.165, 1.54) is 18.0 Å². The fraction of sp³-hybridized carbons (Fsp3) is 0.778. The summed E-state index contributed by atoms with van der Waals surface area (Å²) in [4.78, 5) is 6.78. The van der Waals surface area contributed by atoms with Gasteiger partial charge in [-0.05, 0) is 26.2 Å². The number of hydrogen-bond acceptors (Lipinski definition) is 4. The van der Waals surface area contributed by atoms with Crippen molar-refractivity contribution < 1.29 is 0 Å². The van der Waals surface area contributed by atoms with Crippen molar-refractivity contribution in [1.82, 2.24) is 9.36 Å². The maximum absolute atomic E-state index is 4.41. The van der Waals surface area contributed by atoms with Crippen LogP contribution in [0.15, 0.2) is 0 Å². The van der Waals surface area contributed by atoms with E-state index in [4.69, 9.17) is 0 Å². The second-order valence-electron chi connectivity index (χ2n) is 3.82. The lowest BCUT2D eigenvalue weighted by molar-refractivity contribution is 0.545. The first-order chi connectivity index (χ1) is 6.18. The van der Waals surface area contributed by atoms with Crippen LogP contribution in [0.25, 0.3) is 0 Å². The van der Waals surface area contributed by atoms with Gasteiger partial charge in [0.2, 0.25) is 5.13 Å². The summed E-state index contributed by atoms with van der Waals surface area (Å²) < 4.78 is 4.21. The third-order valence-corrected chi connectivity index (χ3v) is 3.75. The maximum Gasteiger partial charge on any atom is 0.205 e. The molecule has 0 saturated carbocycles. The smallest absolute Gasteiger partial charge is 0.205 e. The molecule has 0 spiro atoms. The van der Waals surface area contributed by atoms with Crippen molar-refractivity contribution in [3.8, 4) is 0 Å². The van der Waals surface area contributed by atoms with E-state index in [1.54, 1.807) is 0 Å². The molecule has 1 aromatic rings. The van der Waals surface area contributed by atoms with Gasteiger partial charge < -0.3 is 4.90 Å². The molecule has 2 atom stereocenters. The van der Waals surface area contributed by atoms with Gasteiger partial charge in [0.25, 0.3) is 0 Å². The Morgan fingerprint density at radius 1 is 1.46 bits per heavy atom. The van der Waals surface area contributed by atoms with Crippen molar-refractivity contribution in [2.24, 2.45) is 5.92 Å². The second-order valence-corrected chi connectivity index (χ2v) is 4.55. The Hall–Kier alpha value is -0.640. The van der Waals surface area contributed by atoms with Crippen LogP contribution >= 0.6 is 11.5 Å². The molecule has 0 aromatic carbocycles. The Kier molecular flexibility index (Phi) is 2.24. The van der Waals surface area contributed by atoms with E-state index in [0.717, 1.165) is 23.4 Å². The van der Waals surface area contributed by atoms with Gasteiger partial charge in [-0.1, -0.05) is 6.92 Å². The van der Waals surface area contributed by atoms with Crippen molar-refractivity contribution in [3.63, 3.8) is 0 Å². The zero-order valence-electron chi connectivity index (χ0n) is 8.32. The Morgan fingerprint density at radius 2 is 2.23 bits per heavy atom. The Morgan fingerprint density at radius 3 is 2.69 bits per heavy atom. The first-order valence-corrected chi connectivity index (χ1v) is 5.53. The largest absolute Gasteiger partial charge is 0.344 e. The number of hydrogen-bond donors (Lipinski definition) is 0. The quantitative estimate of drug-likeness (QED) is 0.690. The van der Waals surface area contributed by atoms with Gasteiger partial charge in [0.1, 0.15) is 5.82 Å². The normalized spacial score (nSPS) is 28.4. The monoisotopic (exact) mass is 197 g/mol. The topological polar surface area (TPSA) is 29.0 Å². The molecule has 0 aliphatic carbocycles. The molecular weight excluding hydrogens is 182 g/mol. The zero-order valence-corrected chi connectivity index (χ0v) is 9.14. The second kappa shape index (κ2) is 3.25. The van der Waals surface area contributed by atoms with Crippen molar-refractivity contribution in [2.45, 2.75) is 33.2 Å². The Bertz CT molecular complexity index is 297. The van der Waals surface area contributed by atoms with Crippen LogP contribution in [-0.4, -0.2) is 21.9 Å². The molecular formula is C9H15N3S. The molecule has 1 aliphatic heterocycles. The van der Waals surface area contributed by atoms with E-state index in [9.17, 15) is 0 Å². The predicted molar refractivity (Wildman–Crippen MR) is 55.2 cm³/mol. The van der Waals surface area contributed by atoms with Gasteiger partial charge in [-0.15, -0.1) is 0 Å². The number of nitrogens with zero attached hydrogens (tertiary/aromatic N) is 3. The average molecular weight is 197 g/mol. The number of aryl methyl sites for hydroxylation is 1. The Balaban J connectivity index is 2.18. The van der Waals surface area contributed by atoms with Crippen LogP contribution in [0, 0.1) is 12.8 Å². The average Bonchev–Trinajstić information content (AvgIpc) is 2.62. The SMILES string of the molecule is Cc1nsc(N2CCC(C)C2C)n1. The maximum atomic E-state index is 4.41. The summed E-state index contributed by atoms with van der Waals surface area (Å²) in [6, 6.07) is 0.618. The minimum Gasteiger partial charge on any atom is -0.344 e. The lowest BCUT2D eigenvalue weighted by Crippen LogP contribution is -2.28. The standard InChI is InChI=1S/C9H15N3S/c1-6-4-5-12(7(6)2)9-10-8(3)11-13-9/h6-7H,4-5H2,1-3H3. The van der Waals surface area contributed by atoms with Crippen molar-refractivity contribution >= 4 is 16.7 Å². The third kappa shape index (κ3) is 1.55. The molecule has 72 valence electrons. The van der Waals surface area contributed by atoms with Gasteiger partial charge in [-0.2, -0.15) is 4.37 Å². The van der Waals surface area contributed by atoms with Gasteiger partial charge in [-0.3, -0.25) is 0 Å². The lowest BCUT2D eigenvalue weighted by Gasteiger charge is -2.21. The van der Waals surface area contributed by atoms with Gasteiger partial charge >= 0.3 is 0 Å². The molecule has 3 nitrogen and oxygen atoms in total. The van der Waals surface area contributed by atoms with E-state index in [-0.39, 0.29) is 0 Å². The van der Waals surface area contributed by atoms with Gasteiger partial charge in [0.15, 0.2) is 0 Å². The summed E-state index contributed by atoms with van der Waals surface area (Å²) >= 11 is 1.52. The van der Waals surface area contributed by atoms with Crippen molar-refractivity contribution in [2.75, 3.05) is 11.4 Å².